The van der Waals surface area contributed by atoms with Crippen molar-refractivity contribution in [1.29, 1.82) is 0 Å². The quantitative estimate of drug-likeness (QED) is 0.423. The molecule has 0 spiro atoms. The third-order valence-corrected chi connectivity index (χ3v) is 1.94. The molecule has 74 valence electrons. The Kier molecular flexibility index (Phi) is 2.91. The molecule has 0 saturated carbocycles. The number of aldehydes is 1. The molecule has 0 aliphatic rings. The minimum absolute atomic E-state index is 0.0919. The van der Waals surface area contributed by atoms with E-state index in [2.05, 4.69) is 0 Å². The summed E-state index contributed by atoms with van der Waals surface area (Å²) in [4.78, 5) is 20.0. The van der Waals surface area contributed by atoms with Gasteiger partial charge >= 0.3 is 5.69 Å². The van der Waals surface area contributed by atoms with Crippen molar-refractivity contribution in [1.82, 2.24) is 0 Å². The van der Waals surface area contributed by atoms with E-state index < -0.39 is 16.4 Å². The number of nitrogens with zero attached hydrogens (tertiary/aromatic N) is 1. The highest BCUT2D eigenvalue weighted by atomic mass is 19.1. The lowest BCUT2D eigenvalue weighted by Crippen LogP contribution is -2.00. The highest BCUT2D eigenvalue weighted by Gasteiger charge is 2.19. The maximum Gasteiger partial charge on any atom is 0.305 e. The van der Waals surface area contributed by atoms with Crippen molar-refractivity contribution < 1.29 is 14.1 Å². The molecule has 1 aromatic carbocycles. The van der Waals surface area contributed by atoms with Crippen LogP contribution in [0.15, 0.2) is 12.1 Å². The van der Waals surface area contributed by atoms with Crippen molar-refractivity contribution in [3.63, 3.8) is 0 Å². The molecule has 0 fully saturated rings. The first-order valence-corrected chi connectivity index (χ1v) is 4.02. The molecule has 0 atom stereocenters. The molecule has 0 amide bonds. The molecule has 0 radical (unpaired) electrons. The summed E-state index contributed by atoms with van der Waals surface area (Å²) in [5.74, 6) is -0.915. The predicted octanol–water partition coefficient (Wildman–Crippen LogP) is 2.11. The summed E-state index contributed by atoms with van der Waals surface area (Å²) in [6.07, 6.45) is 0.743. The van der Waals surface area contributed by atoms with Crippen LogP contribution in [0.1, 0.15) is 22.8 Å². The summed E-state index contributed by atoms with van der Waals surface area (Å²) < 4.78 is 13.4. The van der Waals surface area contributed by atoms with E-state index in [0.29, 0.717) is 6.29 Å². The topological polar surface area (TPSA) is 60.2 Å². The molecule has 14 heavy (non-hydrogen) atoms. The van der Waals surface area contributed by atoms with E-state index in [9.17, 15) is 19.3 Å². The SMILES string of the molecule is CCc1c(C=O)ccc([N+](=O)[O-])c1F. The molecule has 0 heterocycles. The predicted molar refractivity (Wildman–Crippen MR) is 47.8 cm³/mol. The Morgan fingerprint density at radius 2 is 2.21 bits per heavy atom. The Morgan fingerprint density at radius 1 is 1.57 bits per heavy atom. The molecular formula is C9H8FNO3. The van der Waals surface area contributed by atoms with Gasteiger partial charge in [-0.25, -0.2) is 0 Å². The molecule has 0 unspecified atom stereocenters. The highest BCUT2D eigenvalue weighted by molar-refractivity contribution is 5.78. The van der Waals surface area contributed by atoms with Gasteiger partial charge in [-0.3, -0.25) is 14.9 Å². The van der Waals surface area contributed by atoms with Gasteiger partial charge < -0.3 is 0 Å². The minimum atomic E-state index is -0.915. The van der Waals surface area contributed by atoms with E-state index in [1.54, 1.807) is 6.92 Å². The molecule has 0 aliphatic carbocycles. The second-order valence-electron chi connectivity index (χ2n) is 2.69. The number of rotatable bonds is 3. The molecule has 1 aromatic rings. The lowest BCUT2D eigenvalue weighted by molar-refractivity contribution is -0.387. The van der Waals surface area contributed by atoms with Crippen LogP contribution in [0.3, 0.4) is 0 Å². The molecule has 0 aliphatic heterocycles. The van der Waals surface area contributed by atoms with Gasteiger partial charge in [-0.1, -0.05) is 6.92 Å². The lowest BCUT2D eigenvalue weighted by atomic mass is 10.0. The van der Waals surface area contributed by atoms with Gasteiger partial charge in [0.2, 0.25) is 5.82 Å². The van der Waals surface area contributed by atoms with Gasteiger partial charge in [-0.05, 0) is 12.5 Å². The van der Waals surface area contributed by atoms with Crippen molar-refractivity contribution in [2.24, 2.45) is 0 Å². The summed E-state index contributed by atoms with van der Waals surface area (Å²) >= 11 is 0. The van der Waals surface area contributed by atoms with E-state index in [4.69, 9.17) is 0 Å². The van der Waals surface area contributed by atoms with Crippen LogP contribution in [0.5, 0.6) is 0 Å². The zero-order valence-corrected chi connectivity index (χ0v) is 7.49. The normalized spacial score (nSPS) is 9.86. The molecule has 0 aromatic heterocycles. The van der Waals surface area contributed by atoms with Gasteiger partial charge in [-0.2, -0.15) is 4.39 Å². The molecule has 0 saturated heterocycles. The van der Waals surface area contributed by atoms with Crippen LogP contribution >= 0.6 is 0 Å². The van der Waals surface area contributed by atoms with Gasteiger partial charge in [0.05, 0.1) is 4.92 Å². The summed E-state index contributed by atoms with van der Waals surface area (Å²) in [5, 5.41) is 10.4. The maximum atomic E-state index is 13.4. The second kappa shape index (κ2) is 3.95. The number of hydrogen-bond acceptors (Lipinski definition) is 3. The third kappa shape index (κ3) is 1.61. The molecule has 1 rings (SSSR count). The van der Waals surface area contributed by atoms with Crippen LogP contribution in [0.2, 0.25) is 0 Å². The molecule has 5 heteroatoms. The van der Waals surface area contributed by atoms with Crippen LogP contribution < -0.4 is 0 Å². The van der Waals surface area contributed by atoms with Gasteiger partial charge in [0.25, 0.3) is 0 Å². The average molecular weight is 197 g/mol. The first-order valence-electron chi connectivity index (χ1n) is 4.02. The third-order valence-electron chi connectivity index (χ3n) is 1.94. The van der Waals surface area contributed by atoms with E-state index in [0.717, 1.165) is 6.07 Å². The number of halogens is 1. The second-order valence-corrected chi connectivity index (χ2v) is 2.69. The summed E-state index contributed by atoms with van der Waals surface area (Å²) in [6.45, 7) is 1.63. The lowest BCUT2D eigenvalue weighted by Gasteiger charge is -2.03. The van der Waals surface area contributed by atoms with Crippen LogP contribution in [0.25, 0.3) is 0 Å². The van der Waals surface area contributed by atoms with Gasteiger partial charge in [0.15, 0.2) is 0 Å². The fraction of sp³-hybridized carbons (Fsp3) is 0.222. The van der Waals surface area contributed by atoms with E-state index in [-0.39, 0.29) is 17.5 Å². The van der Waals surface area contributed by atoms with Crippen LogP contribution in [-0.2, 0) is 6.42 Å². The Morgan fingerprint density at radius 3 is 2.64 bits per heavy atom. The van der Waals surface area contributed by atoms with Gasteiger partial charge in [0.1, 0.15) is 6.29 Å². The fourth-order valence-corrected chi connectivity index (χ4v) is 1.23. The van der Waals surface area contributed by atoms with Crippen LogP contribution in [0.4, 0.5) is 10.1 Å². The summed E-state index contributed by atoms with van der Waals surface area (Å²) in [6, 6.07) is 2.26. The Hall–Kier alpha value is -1.78. The summed E-state index contributed by atoms with van der Waals surface area (Å²) in [5.41, 5.74) is -0.336. The van der Waals surface area contributed by atoms with Gasteiger partial charge in [-0.15, -0.1) is 0 Å². The molecule has 4 nitrogen and oxygen atoms in total. The van der Waals surface area contributed by atoms with Crippen molar-refractivity contribution in [2.45, 2.75) is 13.3 Å². The fourth-order valence-electron chi connectivity index (χ4n) is 1.23. The number of hydrogen-bond donors (Lipinski definition) is 0. The minimum Gasteiger partial charge on any atom is -0.298 e. The number of carbonyl (C=O) groups excluding carboxylic acids is 1. The molecule has 0 N–H and O–H groups in total. The molecular weight excluding hydrogens is 189 g/mol. The Bertz CT molecular complexity index is 390. The zero-order chi connectivity index (χ0) is 10.7. The number of nitro groups is 1. The maximum absolute atomic E-state index is 13.4. The van der Waals surface area contributed by atoms with E-state index >= 15 is 0 Å². The number of benzene rings is 1. The number of nitro benzene ring substituents is 1. The van der Waals surface area contributed by atoms with Crippen molar-refractivity contribution in [3.05, 3.63) is 39.2 Å². The standard InChI is InChI=1S/C9H8FNO3/c1-2-7-6(5-12)3-4-8(9(7)10)11(13)14/h3-5H,2H2,1H3. The zero-order valence-electron chi connectivity index (χ0n) is 7.49. The highest BCUT2D eigenvalue weighted by Crippen LogP contribution is 2.23. The Labute approximate surface area is 79.5 Å². The smallest absolute Gasteiger partial charge is 0.298 e. The number of carbonyl (C=O) groups is 1. The summed E-state index contributed by atoms with van der Waals surface area (Å²) in [7, 11) is 0. The van der Waals surface area contributed by atoms with Crippen LogP contribution in [0, 0.1) is 15.9 Å². The first kappa shape index (κ1) is 10.3. The van der Waals surface area contributed by atoms with Crippen molar-refractivity contribution in [2.75, 3.05) is 0 Å². The molecule has 0 bridgehead atoms. The van der Waals surface area contributed by atoms with Crippen molar-refractivity contribution in [3.8, 4) is 0 Å². The van der Waals surface area contributed by atoms with E-state index in [1.807, 2.05) is 0 Å². The largest absolute Gasteiger partial charge is 0.305 e. The Balaban J connectivity index is 3.42. The van der Waals surface area contributed by atoms with Crippen LogP contribution in [-0.4, -0.2) is 11.2 Å². The van der Waals surface area contributed by atoms with Gasteiger partial charge in [0, 0.05) is 17.2 Å². The van der Waals surface area contributed by atoms with E-state index in [1.165, 1.54) is 6.07 Å². The van der Waals surface area contributed by atoms with Crippen molar-refractivity contribution >= 4 is 12.0 Å². The average Bonchev–Trinajstić information content (AvgIpc) is 2.16. The monoisotopic (exact) mass is 197 g/mol. The first-order chi connectivity index (χ1) is 6.61.